The van der Waals surface area contributed by atoms with Crippen LogP contribution in [-0.2, 0) is 10.3 Å². The minimum atomic E-state index is -1.09. The maximum Gasteiger partial charge on any atom is 0.154 e. The van der Waals surface area contributed by atoms with E-state index in [1.54, 1.807) is 6.07 Å². The summed E-state index contributed by atoms with van der Waals surface area (Å²) in [6.07, 6.45) is 0.140. The molecule has 1 saturated heterocycles. The van der Waals surface area contributed by atoms with Gasteiger partial charge in [-0.25, -0.2) is 13.8 Å². The summed E-state index contributed by atoms with van der Waals surface area (Å²) in [7, 11) is 0. The van der Waals surface area contributed by atoms with Crippen LogP contribution in [0.5, 0.6) is 0 Å². The number of nitrogens with two attached hydrogens (primary N) is 1. The van der Waals surface area contributed by atoms with E-state index in [0.29, 0.717) is 23.4 Å². The molecule has 5 nitrogen and oxygen atoms in total. The van der Waals surface area contributed by atoms with Crippen LogP contribution in [-0.4, -0.2) is 35.3 Å². The molecule has 3 rings (SSSR count). The van der Waals surface area contributed by atoms with Gasteiger partial charge in [0, 0.05) is 23.3 Å². The Hall–Kier alpha value is -1.69. The molecule has 0 amide bonds. The van der Waals surface area contributed by atoms with Crippen molar-refractivity contribution in [2.75, 3.05) is 19.0 Å². The third kappa shape index (κ3) is 2.69. The first-order valence-corrected chi connectivity index (χ1v) is 8.09. The molecular weight excluding hydrogens is 324 g/mol. The van der Waals surface area contributed by atoms with Crippen molar-refractivity contribution in [3.63, 3.8) is 0 Å². The largest absolute Gasteiger partial charge is 0.394 e. The fourth-order valence-electron chi connectivity index (χ4n) is 3.14. The van der Waals surface area contributed by atoms with E-state index >= 15 is 0 Å². The van der Waals surface area contributed by atoms with Crippen molar-refractivity contribution >= 4 is 16.9 Å². The molecule has 1 fully saturated rings. The Morgan fingerprint density at radius 2 is 2.26 bits per heavy atom. The SMILES string of the molecule is N#Cc1cc([C@]23CO[C@@H](CO)C[C@H]2CSC(N)=N3)c(F)cc1F. The Labute approximate surface area is 136 Å². The summed E-state index contributed by atoms with van der Waals surface area (Å²) in [6, 6.07) is 3.61. The highest BCUT2D eigenvalue weighted by atomic mass is 32.2. The second-order valence-corrected chi connectivity index (χ2v) is 6.70. The number of nitriles is 1. The van der Waals surface area contributed by atoms with Gasteiger partial charge in [-0.2, -0.15) is 5.26 Å². The molecule has 0 unspecified atom stereocenters. The van der Waals surface area contributed by atoms with Crippen LogP contribution in [0.1, 0.15) is 17.5 Å². The van der Waals surface area contributed by atoms with Crippen LogP contribution in [0.4, 0.5) is 8.78 Å². The number of ether oxygens (including phenoxy) is 1. The van der Waals surface area contributed by atoms with Crippen molar-refractivity contribution in [2.24, 2.45) is 16.6 Å². The molecule has 122 valence electrons. The zero-order valence-corrected chi connectivity index (χ0v) is 12.9. The van der Waals surface area contributed by atoms with Crippen LogP contribution in [0.25, 0.3) is 0 Å². The lowest BCUT2D eigenvalue weighted by atomic mass is 9.74. The molecular formula is C15H15F2N3O2S. The molecule has 2 aliphatic rings. The van der Waals surface area contributed by atoms with Gasteiger partial charge in [-0.05, 0) is 12.5 Å². The zero-order chi connectivity index (χ0) is 16.6. The van der Waals surface area contributed by atoms with E-state index in [9.17, 15) is 13.9 Å². The minimum Gasteiger partial charge on any atom is -0.394 e. The topological polar surface area (TPSA) is 91.6 Å². The van der Waals surface area contributed by atoms with Gasteiger partial charge in [0.2, 0.25) is 0 Å². The highest BCUT2D eigenvalue weighted by molar-refractivity contribution is 8.13. The molecule has 2 aliphatic heterocycles. The minimum absolute atomic E-state index is 0.0254. The number of amidine groups is 1. The van der Waals surface area contributed by atoms with Gasteiger partial charge < -0.3 is 15.6 Å². The van der Waals surface area contributed by atoms with E-state index in [1.807, 2.05) is 0 Å². The second-order valence-electron chi connectivity index (χ2n) is 5.66. The van der Waals surface area contributed by atoms with Crippen molar-refractivity contribution in [3.8, 4) is 6.07 Å². The first-order valence-electron chi connectivity index (χ1n) is 7.10. The molecule has 2 heterocycles. The maximum atomic E-state index is 14.5. The molecule has 0 aromatic heterocycles. The molecule has 0 spiro atoms. The Morgan fingerprint density at radius 1 is 1.48 bits per heavy atom. The molecule has 23 heavy (non-hydrogen) atoms. The third-order valence-corrected chi connectivity index (χ3v) is 5.31. The Balaban J connectivity index is 2.14. The van der Waals surface area contributed by atoms with Gasteiger partial charge in [-0.1, -0.05) is 11.8 Å². The van der Waals surface area contributed by atoms with Gasteiger partial charge in [-0.15, -0.1) is 0 Å². The summed E-state index contributed by atoms with van der Waals surface area (Å²) in [4.78, 5) is 4.42. The fraction of sp³-hybridized carbons (Fsp3) is 0.467. The summed E-state index contributed by atoms with van der Waals surface area (Å²) in [5, 5.41) is 18.6. The Kier molecular flexibility index (Phi) is 4.27. The summed E-state index contributed by atoms with van der Waals surface area (Å²) in [5.74, 6) is -1.22. The molecule has 0 aliphatic carbocycles. The Bertz CT molecular complexity index is 707. The highest BCUT2D eigenvalue weighted by Crippen LogP contribution is 2.46. The number of hydrogen-bond donors (Lipinski definition) is 2. The van der Waals surface area contributed by atoms with E-state index in [4.69, 9.17) is 15.7 Å². The van der Waals surface area contributed by atoms with Crippen LogP contribution < -0.4 is 5.73 Å². The number of aliphatic hydroxyl groups excluding tert-OH is 1. The lowest BCUT2D eigenvalue weighted by Gasteiger charge is -2.46. The third-order valence-electron chi connectivity index (χ3n) is 4.35. The first kappa shape index (κ1) is 16.2. The monoisotopic (exact) mass is 339 g/mol. The van der Waals surface area contributed by atoms with Crippen LogP contribution >= 0.6 is 11.8 Å². The van der Waals surface area contributed by atoms with E-state index in [-0.39, 0.29) is 36.4 Å². The smallest absolute Gasteiger partial charge is 0.154 e. The lowest BCUT2D eigenvalue weighted by Crippen LogP contribution is -2.51. The average Bonchev–Trinajstić information content (AvgIpc) is 2.54. The summed E-state index contributed by atoms with van der Waals surface area (Å²) >= 11 is 1.36. The van der Waals surface area contributed by atoms with Gasteiger partial charge in [0.25, 0.3) is 0 Å². The number of thioether (sulfide) groups is 1. The van der Waals surface area contributed by atoms with Crippen molar-refractivity contribution in [1.29, 1.82) is 5.26 Å². The van der Waals surface area contributed by atoms with Crippen molar-refractivity contribution < 1.29 is 18.6 Å². The van der Waals surface area contributed by atoms with E-state index in [1.165, 1.54) is 17.8 Å². The quantitative estimate of drug-likeness (QED) is 0.852. The van der Waals surface area contributed by atoms with Crippen molar-refractivity contribution in [2.45, 2.75) is 18.1 Å². The van der Waals surface area contributed by atoms with Crippen LogP contribution in [0.3, 0.4) is 0 Å². The van der Waals surface area contributed by atoms with Gasteiger partial charge in [0.05, 0.1) is 24.9 Å². The number of fused-ring (bicyclic) bond motifs is 1. The predicted molar refractivity (Wildman–Crippen MR) is 81.8 cm³/mol. The second kappa shape index (κ2) is 6.07. The highest BCUT2D eigenvalue weighted by Gasteiger charge is 2.49. The zero-order valence-electron chi connectivity index (χ0n) is 12.1. The number of rotatable bonds is 2. The van der Waals surface area contributed by atoms with Crippen LogP contribution in [0, 0.1) is 28.9 Å². The summed E-state index contributed by atoms with van der Waals surface area (Å²) in [6.45, 7) is -0.108. The van der Waals surface area contributed by atoms with E-state index < -0.39 is 17.2 Å². The molecule has 1 aromatic rings. The van der Waals surface area contributed by atoms with E-state index in [0.717, 1.165) is 0 Å². The number of nitrogens with zero attached hydrogens (tertiary/aromatic N) is 2. The number of aliphatic imine (C=N–C) groups is 1. The molecule has 0 radical (unpaired) electrons. The molecule has 1 aromatic carbocycles. The van der Waals surface area contributed by atoms with Gasteiger partial charge in [-0.3, -0.25) is 0 Å². The number of halogens is 2. The number of aliphatic hydroxyl groups is 1. The normalized spacial score (nSPS) is 30.3. The number of hydrogen-bond acceptors (Lipinski definition) is 6. The van der Waals surface area contributed by atoms with Gasteiger partial charge >= 0.3 is 0 Å². The first-order chi connectivity index (χ1) is 11.0. The van der Waals surface area contributed by atoms with Crippen molar-refractivity contribution in [3.05, 3.63) is 34.9 Å². The number of benzene rings is 1. The summed E-state index contributed by atoms with van der Waals surface area (Å²) in [5.41, 5.74) is 4.60. The van der Waals surface area contributed by atoms with E-state index in [2.05, 4.69) is 4.99 Å². The van der Waals surface area contributed by atoms with Crippen LogP contribution in [0.2, 0.25) is 0 Å². The molecule has 3 atom stereocenters. The standard InChI is InChI=1S/C15H15F2N3O2S/c16-12-3-13(17)11(1-8(12)4-18)15-7-22-10(5-21)2-9(15)6-23-14(19)20-15/h1,3,9-10,21H,2,5-7H2,(H2,19,20)/t9-,10+,15-/m0/s1. The maximum absolute atomic E-state index is 14.5. The van der Waals surface area contributed by atoms with Crippen molar-refractivity contribution in [1.82, 2.24) is 0 Å². The van der Waals surface area contributed by atoms with Gasteiger partial charge in [0.15, 0.2) is 5.17 Å². The lowest BCUT2D eigenvalue weighted by molar-refractivity contribution is -0.0771. The molecule has 0 bridgehead atoms. The predicted octanol–water partition coefficient (Wildman–Crippen LogP) is 1.49. The molecule has 3 N–H and O–H groups in total. The summed E-state index contributed by atoms with van der Waals surface area (Å²) < 4.78 is 33.7. The van der Waals surface area contributed by atoms with Gasteiger partial charge in [0.1, 0.15) is 23.2 Å². The average molecular weight is 339 g/mol. The molecule has 8 heteroatoms. The Morgan fingerprint density at radius 3 is 2.96 bits per heavy atom. The fourth-order valence-corrected chi connectivity index (χ4v) is 4.15. The molecule has 0 saturated carbocycles. The van der Waals surface area contributed by atoms with Crippen LogP contribution in [0.15, 0.2) is 17.1 Å².